The summed E-state index contributed by atoms with van der Waals surface area (Å²) in [5.74, 6) is -0.823. The second kappa shape index (κ2) is 8.85. The van der Waals surface area contributed by atoms with E-state index >= 15 is 0 Å². The Morgan fingerprint density at radius 3 is 2.69 bits per heavy atom. The summed E-state index contributed by atoms with van der Waals surface area (Å²) in [5, 5.41) is 19.4. The Morgan fingerprint density at radius 1 is 1.35 bits per heavy atom. The first-order valence-corrected chi connectivity index (χ1v) is 7.86. The van der Waals surface area contributed by atoms with Crippen molar-refractivity contribution < 1.29 is 34.0 Å². The number of hydrogen-bond acceptors (Lipinski definition) is 9. The van der Waals surface area contributed by atoms with E-state index in [1.807, 2.05) is 4.98 Å². The van der Waals surface area contributed by atoms with E-state index in [4.69, 9.17) is 14.2 Å². The molecule has 1 aromatic rings. The van der Waals surface area contributed by atoms with Crippen molar-refractivity contribution in [2.75, 3.05) is 13.4 Å². The Hall–Kier alpha value is -2.34. The Balaban J connectivity index is 2.05. The van der Waals surface area contributed by atoms with Gasteiger partial charge in [0.1, 0.15) is 24.1 Å². The average molecular weight is 372 g/mol. The van der Waals surface area contributed by atoms with Crippen molar-refractivity contribution in [1.82, 2.24) is 9.55 Å². The molecule has 0 aromatic carbocycles. The van der Waals surface area contributed by atoms with Gasteiger partial charge in [-0.3, -0.25) is 19.1 Å². The molecule has 11 heteroatoms. The van der Waals surface area contributed by atoms with Gasteiger partial charge in [-0.1, -0.05) is 0 Å². The number of carbonyl (C=O) groups excluding carboxylic acids is 2. The summed E-state index contributed by atoms with van der Waals surface area (Å²) < 4.78 is 16.5. The first-order chi connectivity index (χ1) is 12.3. The van der Waals surface area contributed by atoms with Crippen LogP contribution in [0.15, 0.2) is 21.9 Å². The molecule has 0 unspecified atom stereocenters. The maximum Gasteiger partial charge on any atom is 0.330 e. The number of nitrogens with zero attached hydrogens (tertiary/aromatic N) is 1. The zero-order valence-corrected chi connectivity index (χ0v) is 14.0. The summed E-state index contributed by atoms with van der Waals surface area (Å²) in [5.41, 5.74) is -1.40. The Kier molecular flexibility index (Phi) is 6.80. The van der Waals surface area contributed by atoms with E-state index in [1.54, 1.807) is 0 Å². The highest BCUT2D eigenvalue weighted by molar-refractivity contribution is 5.80. The molecule has 1 aliphatic heterocycles. The summed E-state index contributed by atoms with van der Waals surface area (Å²) in [6.45, 7) is 0.264. The number of nitrogens with one attached hydrogen (secondary N) is 1. The van der Waals surface area contributed by atoms with Crippen LogP contribution < -0.4 is 11.2 Å². The van der Waals surface area contributed by atoms with E-state index < -0.39 is 55.2 Å². The highest BCUT2D eigenvalue weighted by atomic mass is 16.7. The molecule has 1 fully saturated rings. The molecule has 2 heterocycles. The van der Waals surface area contributed by atoms with Crippen molar-refractivity contribution in [3.05, 3.63) is 33.1 Å². The van der Waals surface area contributed by atoms with Crippen molar-refractivity contribution in [3.63, 3.8) is 0 Å². The fourth-order valence-electron chi connectivity index (χ4n) is 2.43. The number of ether oxygens (including phenoxy) is 3. The van der Waals surface area contributed by atoms with Crippen LogP contribution in [0.25, 0.3) is 0 Å². The van der Waals surface area contributed by atoms with E-state index in [0.29, 0.717) is 0 Å². The molecule has 0 saturated carbocycles. The number of rotatable bonds is 8. The number of aromatic amines is 1. The fraction of sp³-hybridized carbons (Fsp3) is 0.600. The Bertz CT molecular complexity index is 756. The molecule has 11 nitrogen and oxygen atoms in total. The van der Waals surface area contributed by atoms with E-state index in [9.17, 15) is 29.4 Å². The molecule has 4 atom stereocenters. The van der Waals surface area contributed by atoms with Crippen LogP contribution in [0, 0.1) is 0 Å². The van der Waals surface area contributed by atoms with Gasteiger partial charge in [-0.25, -0.2) is 4.79 Å². The maximum atomic E-state index is 11.9. The van der Waals surface area contributed by atoms with Gasteiger partial charge >= 0.3 is 11.7 Å². The number of hydrogen-bond donors (Lipinski definition) is 3. The van der Waals surface area contributed by atoms with Gasteiger partial charge in [0.05, 0.1) is 13.0 Å². The quantitative estimate of drug-likeness (QED) is 0.348. The van der Waals surface area contributed by atoms with Crippen LogP contribution in [-0.2, 0) is 23.8 Å². The summed E-state index contributed by atoms with van der Waals surface area (Å²) in [4.78, 5) is 47.4. The second-order valence-electron chi connectivity index (χ2n) is 5.72. The lowest BCUT2D eigenvalue weighted by Crippen LogP contribution is -2.39. The minimum Gasteiger partial charge on any atom is -0.438 e. The van der Waals surface area contributed by atoms with E-state index in [1.165, 1.54) is 6.92 Å². The highest BCUT2D eigenvalue weighted by Gasteiger charge is 2.45. The van der Waals surface area contributed by atoms with Gasteiger partial charge in [0.25, 0.3) is 5.56 Å². The topological polar surface area (TPSA) is 157 Å². The zero-order valence-electron chi connectivity index (χ0n) is 14.0. The third-order valence-corrected chi connectivity index (χ3v) is 3.78. The number of carbonyl (C=O) groups is 2. The minimum absolute atomic E-state index is 0.0377. The summed E-state index contributed by atoms with van der Waals surface area (Å²) in [6.07, 6.45) is -3.54. The summed E-state index contributed by atoms with van der Waals surface area (Å²) >= 11 is 0. The SMILES string of the molecule is CC(=O)CCC(=O)OCO[C@@H]1[C@H](O)[C@@H](CO)O[C@H]1n1ccc(=O)[nH]c1=O. The van der Waals surface area contributed by atoms with Crippen LogP contribution in [0.3, 0.4) is 0 Å². The van der Waals surface area contributed by atoms with Crippen LogP contribution >= 0.6 is 0 Å². The summed E-state index contributed by atoms with van der Waals surface area (Å²) in [6, 6.07) is 1.09. The predicted molar refractivity (Wildman–Crippen MR) is 84.1 cm³/mol. The largest absolute Gasteiger partial charge is 0.438 e. The number of aliphatic hydroxyl groups is 2. The third kappa shape index (κ3) is 4.85. The number of aromatic nitrogens is 2. The van der Waals surface area contributed by atoms with Crippen molar-refractivity contribution in [1.29, 1.82) is 0 Å². The molecule has 2 rings (SSSR count). The Morgan fingerprint density at radius 2 is 2.08 bits per heavy atom. The number of ketones is 1. The normalized spacial score (nSPS) is 25.2. The number of aliphatic hydroxyl groups excluding tert-OH is 2. The van der Waals surface area contributed by atoms with Crippen LogP contribution in [0.4, 0.5) is 0 Å². The maximum absolute atomic E-state index is 11.9. The smallest absolute Gasteiger partial charge is 0.330 e. The van der Waals surface area contributed by atoms with Gasteiger partial charge in [-0.2, -0.15) is 0 Å². The highest BCUT2D eigenvalue weighted by Crippen LogP contribution is 2.30. The van der Waals surface area contributed by atoms with Gasteiger partial charge in [-0.05, 0) is 6.92 Å². The predicted octanol–water partition coefficient (Wildman–Crippen LogP) is -1.96. The second-order valence-corrected chi connectivity index (χ2v) is 5.72. The summed E-state index contributed by atoms with van der Waals surface area (Å²) in [7, 11) is 0. The van der Waals surface area contributed by atoms with Gasteiger partial charge < -0.3 is 29.2 Å². The zero-order chi connectivity index (χ0) is 19.3. The average Bonchev–Trinajstić information content (AvgIpc) is 2.89. The molecule has 1 saturated heterocycles. The lowest BCUT2D eigenvalue weighted by atomic mass is 10.1. The van der Waals surface area contributed by atoms with Crippen LogP contribution in [-0.4, -0.2) is 63.2 Å². The van der Waals surface area contributed by atoms with Crippen LogP contribution in [0.1, 0.15) is 26.0 Å². The molecule has 0 radical (unpaired) electrons. The van der Waals surface area contributed by atoms with Crippen LogP contribution in [0.2, 0.25) is 0 Å². The number of Topliss-reactive ketones (excluding diaryl/α,β-unsaturated/α-hetero) is 1. The molecule has 0 spiro atoms. The van der Waals surface area contributed by atoms with Crippen molar-refractivity contribution >= 4 is 11.8 Å². The van der Waals surface area contributed by atoms with Crippen molar-refractivity contribution in [2.24, 2.45) is 0 Å². The minimum atomic E-state index is -1.31. The lowest BCUT2D eigenvalue weighted by molar-refractivity contribution is -0.171. The molecule has 3 N–H and O–H groups in total. The van der Waals surface area contributed by atoms with Crippen LogP contribution in [0.5, 0.6) is 0 Å². The number of esters is 1. The molecule has 0 amide bonds. The van der Waals surface area contributed by atoms with Gasteiger partial charge in [0, 0.05) is 18.7 Å². The first-order valence-electron chi connectivity index (χ1n) is 7.86. The molecule has 1 aliphatic rings. The molecule has 1 aromatic heterocycles. The lowest BCUT2D eigenvalue weighted by Gasteiger charge is -2.21. The molecular weight excluding hydrogens is 352 g/mol. The van der Waals surface area contributed by atoms with E-state index in [2.05, 4.69) is 0 Å². The standard InChI is InChI=1S/C15H20N2O9/c1-8(19)2-3-11(21)24-7-25-13-12(22)9(6-18)26-14(13)17-5-4-10(20)16-15(17)23/h4-5,9,12-14,18,22H,2-3,6-7H2,1H3,(H,16,20,23)/t9-,12-,13-,14-/m1/s1. The number of H-pyrrole nitrogens is 1. The van der Waals surface area contributed by atoms with E-state index in [0.717, 1.165) is 16.8 Å². The van der Waals surface area contributed by atoms with Crippen molar-refractivity contribution in [3.8, 4) is 0 Å². The molecule has 144 valence electrons. The van der Waals surface area contributed by atoms with Gasteiger partial charge in [-0.15, -0.1) is 0 Å². The van der Waals surface area contributed by atoms with Gasteiger partial charge in [0.2, 0.25) is 0 Å². The third-order valence-electron chi connectivity index (χ3n) is 3.78. The molecule has 26 heavy (non-hydrogen) atoms. The fourth-order valence-corrected chi connectivity index (χ4v) is 2.43. The molecule has 0 aliphatic carbocycles. The van der Waals surface area contributed by atoms with E-state index in [-0.39, 0.29) is 18.6 Å². The van der Waals surface area contributed by atoms with Crippen molar-refractivity contribution in [2.45, 2.75) is 44.3 Å². The molecule has 0 bridgehead atoms. The monoisotopic (exact) mass is 372 g/mol. The van der Waals surface area contributed by atoms with Gasteiger partial charge in [0.15, 0.2) is 13.0 Å². The Labute approximate surface area is 147 Å². The first kappa shape index (κ1) is 20.0. The molecular formula is C15H20N2O9.